The standard InChI is InChI=1S/C18H19N3O2S/c1-3-16-17(22)21(12-14-8-5-4-7-13(14)2)18(24-16)20-19-11-15-9-6-10-23-15/h4-11,16H,3,12H2,1-2H3/b19-11+,20-18+. The molecule has 0 saturated carbocycles. The summed E-state index contributed by atoms with van der Waals surface area (Å²) >= 11 is 1.47. The highest BCUT2D eigenvalue weighted by Crippen LogP contribution is 2.31. The molecule has 1 aromatic carbocycles. The van der Waals surface area contributed by atoms with Gasteiger partial charge in [0.2, 0.25) is 5.91 Å². The van der Waals surface area contributed by atoms with Crippen LogP contribution in [0, 0.1) is 6.92 Å². The largest absolute Gasteiger partial charge is 0.463 e. The summed E-state index contributed by atoms with van der Waals surface area (Å²) in [7, 11) is 0. The van der Waals surface area contributed by atoms with Gasteiger partial charge >= 0.3 is 0 Å². The van der Waals surface area contributed by atoms with E-state index < -0.39 is 0 Å². The van der Waals surface area contributed by atoms with E-state index in [4.69, 9.17) is 4.42 Å². The monoisotopic (exact) mass is 341 g/mol. The molecule has 124 valence electrons. The number of thioether (sulfide) groups is 1. The lowest BCUT2D eigenvalue weighted by atomic mass is 10.1. The molecule has 1 aliphatic rings. The van der Waals surface area contributed by atoms with E-state index in [2.05, 4.69) is 10.2 Å². The highest BCUT2D eigenvalue weighted by Gasteiger charge is 2.37. The van der Waals surface area contributed by atoms with Gasteiger partial charge < -0.3 is 4.42 Å². The second-order valence-electron chi connectivity index (χ2n) is 5.51. The molecule has 1 aromatic heterocycles. The lowest BCUT2D eigenvalue weighted by molar-refractivity contribution is -0.126. The van der Waals surface area contributed by atoms with Gasteiger partial charge in [-0.05, 0) is 36.6 Å². The van der Waals surface area contributed by atoms with Crippen molar-refractivity contribution in [3.63, 3.8) is 0 Å². The fraction of sp³-hybridized carbons (Fsp3) is 0.278. The van der Waals surface area contributed by atoms with Gasteiger partial charge in [0.05, 0.1) is 24.3 Å². The Morgan fingerprint density at radius 3 is 2.83 bits per heavy atom. The van der Waals surface area contributed by atoms with Gasteiger partial charge in [-0.25, -0.2) is 0 Å². The molecule has 24 heavy (non-hydrogen) atoms. The molecule has 6 heteroatoms. The molecular formula is C18H19N3O2S. The summed E-state index contributed by atoms with van der Waals surface area (Å²) in [6.07, 6.45) is 3.90. The third-order valence-electron chi connectivity index (χ3n) is 3.85. The maximum Gasteiger partial charge on any atom is 0.242 e. The number of nitrogens with zero attached hydrogens (tertiary/aromatic N) is 3. The molecule has 5 nitrogen and oxygen atoms in total. The van der Waals surface area contributed by atoms with Crippen molar-refractivity contribution in [1.29, 1.82) is 0 Å². The van der Waals surface area contributed by atoms with Gasteiger partial charge in [-0.15, -0.1) is 5.10 Å². The smallest absolute Gasteiger partial charge is 0.242 e. The van der Waals surface area contributed by atoms with Crippen LogP contribution in [-0.2, 0) is 11.3 Å². The summed E-state index contributed by atoms with van der Waals surface area (Å²) in [5.74, 6) is 0.726. The lowest BCUT2D eigenvalue weighted by Gasteiger charge is -2.17. The van der Waals surface area contributed by atoms with Crippen LogP contribution >= 0.6 is 11.8 Å². The minimum atomic E-state index is -0.0911. The summed E-state index contributed by atoms with van der Waals surface area (Å²) < 4.78 is 5.19. The molecule has 1 fully saturated rings. The Kier molecular flexibility index (Phi) is 5.15. The van der Waals surface area contributed by atoms with Gasteiger partial charge in [0.15, 0.2) is 5.17 Å². The molecule has 0 radical (unpaired) electrons. The number of carbonyl (C=O) groups is 1. The summed E-state index contributed by atoms with van der Waals surface area (Å²) in [4.78, 5) is 14.3. The van der Waals surface area contributed by atoms with Crippen molar-refractivity contribution in [2.75, 3.05) is 0 Å². The molecule has 3 rings (SSSR count). The number of amides is 1. The molecule has 1 saturated heterocycles. The van der Waals surface area contributed by atoms with Crippen molar-refractivity contribution >= 4 is 29.1 Å². The van der Waals surface area contributed by atoms with Crippen LogP contribution in [0.25, 0.3) is 0 Å². The molecule has 2 aromatic rings. The first-order chi connectivity index (χ1) is 11.7. The van der Waals surface area contributed by atoms with Crippen LogP contribution in [-0.4, -0.2) is 27.4 Å². The predicted octanol–water partition coefficient (Wildman–Crippen LogP) is 3.83. The number of furan rings is 1. The first kappa shape index (κ1) is 16.5. The number of amidine groups is 1. The highest BCUT2D eigenvalue weighted by atomic mass is 32.2. The zero-order valence-corrected chi connectivity index (χ0v) is 14.5. The SMILES string of the molecule is CCC1S/C(=N/N=C/c2ccco2)N(Cc2ccccc2C)C1=O. The minimum absolute atomic E-state index is 0.0911. The van der Waals surface area contributed by atoms with Crippen LogP contribution in [0.5, 0.6) is 0 Å². The Morgan fingerprint density at radius 2 is 2.12 bits per heavy atom. The molecule has 1 amide bonds. The Morgan fingerprint density at radius 1 is 1.29 bits per heavy atom. The van der Waals surface area contributed by atoms with Crippen LogP contribution in [0.15, 0.2) is 57.3 Å². The average Bonchev–Trinajstić information content (AvgIpc) is 3.19. The molecule has 2 heterocycles. The van der Waals surface area contributed by atoms with Gasteiger partial charge in [-0.3, -0.25) is 9.69 Å². The topological polar surface area (TPSA) is 58.2 Å². The first-order valence-electron chi connectivity index (χ1n) is 7.86. The van der Waals surface area contributed by atoms with Gasteiger partial charge in [-0.1, -0.05) is 43.0 Å². The molecule has 1 unspecified atom stereocenters. The van der Waals surface area contributed by atoms with Gasteiger partial charge in [-0.2, -0.15) is 5.10 Å². The van der Waals surface area contributed by atoms with Crippen molar-refractivity contribution in [3.05, 3.63) is 59.5 Å². The maximum atomic E-state index is 12.6. The van der Waals surface area contributed by atoms with Crippen LogP contribution < -0.4 is 0 Å². The van der Waals surface area contributed by atoms with E-state index >= 15 is 0 Å². The van der Waals surface area contributed by atoms with Crippen molar-refractivity contribution in [2.45, 2.75) is 32.1 Å². The number of hydrogen-bond acceptors (Lipinski definition) is 5. The van der Waals surface area contributed by atoms with Gasteiger partial charge in [0.25, 0.3) is 0 Å². The van der Waals surface area contributed by atoms with E-state index in [1.165, 1.54) is 11.8 Å². The van der Waals surface area contributed by atoms with Crippen LogP contribution in [0.4, 0.5) is 0 Å². The molecular weight excluding hydrogens is 322 g/mol. The molecule has 0 aliphatic carbocycles. The maximum absolute atomic E-state index is 12.6. The Balaban J connectivity index is 1.82. The quantitative estimate of drug-likeness (QED) is 0.613. The minimum Gasteiger partial charge on any atom is -0.463 e. The van der Waals surface area contributed by atoms with E-state index in [1.54, 1.807) is 29.5 Å². The second kappa shape index (κ2) is 7.49. The summed E-state index contributed by atoms with van der Waals surface area (Å²) in [5, 5.41) is 8.86. The summed E-state index contributed by atoms with van der Waals surface area (Å²) in [6.45, 7) is 4.58. The summed E-state index contributed by atoms with van der Waals surface area (Å²) in [6, 6.07) is 11.7. The van der Waals surface area contributed by atoms with E-state index in [1.807, 2.05) is 38.1 Å². The number of carbonyl (C=O) groups excluding carboxylic acids is 1. The van der Waals surface area contributed by atoms with Crippen molar-refractivity contribution < 1.29 is 9.21 Å². The van der Waals surface area contributed by atoms with Crippen LogP contribution in [0.2, 0.25) is 0 Å². The van der Waals surface area contributed by atoms with Crippen LogP contribution in [0.3, 0.4) is 0 Å². The predicted molar refractivity (Wildman–Crippen MR) is 97.1 cm³/mol. The zero-order chi connectivity index (χ0) is 16.9. The highest BCUT2D eigenvalue weighted by molar-refractivity contribution is 8.15. The Bertz CT molecular complexity index is 768. The molecule has 1 atom stereocenters. The van der Waals surface area contributed by atoms with Crippen molar-refractivity contribution in [3.8, 4) is 0 Å². The summed E-state index contributed by atoms with van der Waals surface area (Å²) in [5.41, 5.74) is 2.28. The zero-order valence-electron chi connectivity index (χ0n) is 13.7. The average molecular weight is 341 g/mol. The number of benzene rings is 1. The third-order valence-corrected chi connectivity index (χ3v) is 5.18. The Labute approximate surface area is 145 Å². The second-order valence-corrected chi connectivity index (χ2v) is 6.68. The Hall–Kier alpha value is -2.34. The molecule has 0 spiro atoms. The van der Waals surface area contributed by atoms with Gasteiger partial charge in [0.1, 0.15) is 5.76 Å². The fourth-order valence-electron chi connectivity index (χ4n) is 2.45. The van der Waals surface area contributed by atoms with Gasteiger partial charge in [0, 0.05) is 0 Å². The molecule has 0 N–H and O–H groups in total. The number of aryl methyl sites for hydroxylation is 1. The number of rotatable bonds is 5. The van der Waals surface area contributed by atoms with E-state index in [0.29, 0.717) is 17.5 Å². The fourth-order valence-corrected chi connectivity index (χ4v) is 3.47. The lowest BCUT2D eigenvalue weighted by Crippen LogP contribution is -2.31. The third kappa shape index (κ3) is 3.59. The normalized spacial score (nSPS) is 19.8. The number of hydrogen-bond donors (Lipinski definition) is 0. The molecule has 1 aliphatic heterocycles. The van der Waals surface area contributed by atoms with E-state index in [-0.39, 0.29) is 11.2 Å². The molecule has 0 bridgehead atoms. The van der Waals surface area contributed by atoms with Crippen molar-refractivity contribution in [2.24, 2.45) is 10.2 Å². The van der Waals surface area contributed by atoms with Crippen LogP contribution in [0.1, 0.15) is 30.2 Å². The first-order valence-corrected chi connectivity index (χ1v) is 8.74. The van der Waals surface area contributed by atoms with E-state index in [0.717, 1.165) is 17.5 Å². The van der Waals surface area contributed by atoms with E-state index in [9.17, 15) is 4.79 Å². The van der Waals surface area contributed by atoms with Crippen molar-refractivity contribution in [1.82, 2.24) is 4.90 Å².